The Hall–Kier alpha value is -3.64. The molecule has 0 saturated carbocycles. The van der Waals surface area contributed by atoms with Gasteiger partial charge in [0.15, 0.2) is 10.7 Å². The molecular formula is C23H17N5S. The normalized spacial score (nSPS) is 10.9. The summed E-state index contributed by atoms with van der Waals surface area (Å²) >= 11 is 1.51. The average Bonchev–Trinajstić information content (AvgIpc) is 3.23. The van der Waals surface area contributed by atoms with Crippen molar-refractivity contribution in [1.29, 1.82) is 0 Å². The van der Waals surface area contributed by atoms with Gasteiger partial charge in [0, 0.05) is 28.4 Å². The minimum Gasteiger partial charge on any atom is -0.330 e. The third-order valence-electron chi connectivity index (χ3n) is 4.60. The van der Waals surface area contributed by atoms with E-state index in [1.54, 1.807) is 6.20 Å². The van der Waals surface area contributed by atoms with Gasteiger partial charge in [0.25, 0.3) is 0 Å². The van der Waals surface area contributed by atoms with Crippen LogP contribution in [0.15, 0.2) is 79.0 Å². The summed E-state index contributed by atoms with van der Waals surface area (Å²) in [6, 6.07) is 24.3. The number of rotatable bonds is 4. The van der Waals surface area contributed by atoms with Gasteiger partial charge in [-0.2, -0.15) is 0 Å². The van der Waals surface area contributed by atoms with Gasteiger partial charge in [0.1, 0.15) is 0 Å². The molecule has 0 spiro atoms. The average molecular weight is 395 g/mol. The zero-order valence-electron chi connectivity index (χ0n) is 15.7. The molecular weight excluding hydrogens is 378 g/mol. The Morgan fingerprint density at radius 2 is 1.69 bits per heavy atom. The summed E-state index contributed by atoms with van der Waals surface area (Å²) in [7, 11) is 0. The Kier molecular flexibility index (Phi) is 4.46. The quantitative estimate of drug-likeness (QED) is 0.412. The zero-order chi connectivity index (χ0) is 19.6. The molecule has 3 heterocycles. The second-order valence-electron chi connectivity index (χ2n) is 6.70. The Bertz CT molecular complexity index is 1280. The molecule has 6 heteroatoms. The third-order valence-corrected chi connectivity index (χ3v) is 5.47. The van der Waals surface area contributed by atoms with Crippen LogP contribution in [0.3, 0.4) is 0 Å². The minimum atomic E-state index is 0.720. The van der Waals surface area contributed by atoms with Gasteiger partial charge in [-0.25, -0.2) is 9.97 Å². The molecule has 3 aromatic heterocycles. The molecule has 5 aromatic rings. The Morgan fingerprint density at radius 3 is 2.52 bits per heavy atom. The maximum Gasteiger partial charge on any atom is 0.210 e. The van der Waals surface area contributed by atoms with Crippen molar-refractivity contribution in [3.05, 3.63) is 84.6 Å². The highest BCUT2D eigenvalue weighted by atomic mass is 32.1. The van der Waals surface area contributed by atoms with Crippen LogP contribution in [0.2, 0.25) is 0 Å². The van der Waals surface area contributed by atoms with E-state index in [1.165, 1.54) is 16.9 Å². The molecule has 0 fully saturated rings. The molecule has 5 rings (SSSR count). The zero-order valence-corrected chi connectivity index (χ0v) is 16.5. The van der Waals surface area contributed by atoms with E-state index in [-0.39, 0.29) is 0 Å². The molecule has 0 aliphatic carbocycles. The Balaban J connectivity index is 1.59. The lowest BCUT2D eigenvalue weighted by molar-refractivity contribution is 1.10. The molecule has 0 radical (unpaired) electrons. The van der Waals surface area contributed by atoms with Gasteiger partial charge >= 0.3 is 0 Å². The van der Waals surface area contributed by atoms with Crippen molar-refractivity contribution in [2.24, 2.45) is 0 Å². The summed E-state index contributed by atoms with van der Waals surface area (Å²) in [5.74, 6) is 0. The smallest absolute Gasteiger partial charge is 0.210 e. The van der Waals surface area contributed by atoms with Crippen LogP contribution in [-0.4, -0.2) is 20.2 Å². The predicted octanol–water partition coefficient (Wildman–Crippen LogP) is 5.87. The fourth-order valence-corrected chi connectivity index (χ4v) is 3.91. The van der Waals surface area contributed by atoms with Crippen molar-refractivity contribution in [2.75, 3.05) is 5.32 Å². The van der Waals surface area contributed by atoms with Crippen LogP contribution in [0.1, 0.15) is 5.56 Å². The summed E-state index contributed by atoms with van der Waals surface area (Å²) in [5.41, 5.74) is 5.76. The molecule has 1 N–H and O–H groups in total. The van der Waals surface area contributed by atoms with E-state index in [0.29, 0.717) is 0 Å². The Labute approximate surface area is 172 Å². The summed E-state index contributed by atoms with van der Waals surface area (Å²) in [6.45, 7) is 2.07. The standard InChI is InChI=1S/C23H17N5S/c1-15-9-11-18(12-10-15)25-23-28-27-22(29-23)19-14-17-8-5-13-24-21(17)26-20(19)16-6-3-2-4-7-16/h2-14H,1H3,(H,25,28). The number of aryl methyl sites for hydroxylation is 1. The molecule has 29 heavy (non-hydrogen) atoms. The van der Waals surface area contributed by atoms with Gasteiger partial charge in [-0.15, -0.1) is 10.2 Å². The molecule has 0 amide bonds. The lowest BCUT2D eigenvalue weighted by atomic mass is 10.0. The van der Waals surface area contributed by atoms with Crippen LogP contribution in [0.25, 0.3) is 32.9 Å². The summed E-state index contributed by atoms with van der Waals surface area (Å²) in [5, 5.41) is 14.6. The molecule has 0 aliphatic heterocycles. The van der Waals surface area contributed by atoms with Crippen LogP contribution >= 0.6 is 11.3 Å². The van der Waals surface area contributed by atoms with E-state index in [2.05, 4.69) is 45.6 Å². The van der Waals surface area contributed by atoms with Crippen molar-refractivity contribution in [2.45, 2.75) is 6.92 Å². The van der Waals surface area contributed by atoms with Gasteiger partial charge in [0.05, 0.1) is 5.69 Å². The first-order valence-electron chi connectivity index (χ1n) is 9.25. The molecule has 2 aromatic carbocycles. The number of hydrogen-bond donors (Lipinski definition) is 1. The van der Waals surface area contributed by atoms with Crippen molar-refractivity contribution < 1.29 is 0 Å². The highest BCUT2D eigenvalue weighted by Crippen LogP contribution is 2.36. The van der Waals surface area contributed by atoms with Gasteiger partial charge in [-0.05, 0) is 37.3 Å². The third kappa shape index (κ3) is 3.58. The second-order valence-corrected chi connectivity index (χ2v) is 7.68. The van der Waals surface area contributed by atoms with Gasteiger partial charge in [0.2, 0.25) is 5.13 Å². The number of pyridine rings is 2. The van der Waals surface area contributed by atoms with Gasteiger partial charge in [-0.1, -0.05) is 59.4 Å². The van der Waals surface area contributed by atoms with Crippen LogP contribution in [0.5, 0.6) is 0 Å². The first kappa shape index (κ1) is 17.5. The van der Waals surface area contributed by atoms with E-state index in [9.17, 15) is 0 Å². The molecule has 140 valence electrons. The molecule has 0 unspecified atom stereocenters. The monoisotopic (exact) mass is 395 g/mol. The van der Waals surface area contributed by atoms with Crippen molar-refractivity contribution in [3.63, 3.8) is 0 Å². The van der Waals surface area contributed by atoms with E-state index >= 15 is 0 Å². The van der Waals surface area contributed by atoms with Crippen LogP contribution in [0.4, 0.5) is 10.8 Å². The predicted molar refractivity (Wildman–Crippen MR) is 118 cm³/mol. The van der Waals surface area contributed by atoms with E-state index in [4.69, 9.17) is 4.98 Å². The fourth-order valence-electron chi connectivity index (χ4n) is 3.13. The maximum absolute atomic E-state index is 4.83. The lowest BCUT2D eigenvalue weighted by Crippen LogP contribution is -1.92. The SMILES string of the molecule is Cc1ccc(Nc2nnc(-c3cc4cccnc4nc3-c3ccccc3)s2)cc1. The maximum atomic E-state index is 4.83. The van der Waals surface area contributed by atoms with Gasteiger partial charge < -0.3 is 5.32 Å². The number of aromatic nitrogens is 4. The summed E-state index contributed by atoms with van der Waals surface area (Å²) < 4.78 is 0. The highest BCUT2D eigenvalue weighted by molar-refractivity contribution is 7.18. The second kappa shape index (κ2) is 7.41. The number of fused-ring (bicyclic) bond motifs is 1. The van der Waals surface area contributed by atoms with E-state index < -0.39 is 0 Å². The van der Waals surface area contributed by atoms with Crippen molar-refractivity contribution in [3.8, 4) is 21.8 Å². The summed E-state index contributed by atoms with van der Waals surface area (Å²) in [6.07, 6.45) is 1.76. The number of anilines is 2. The van der Waals surface area contributed by atoms with Gasteiger partial charge in [-0.3, -0.25) is 0 Å². The number of hydrogen-bond acceptors (Lipinski definition) is 6. The van der Waals surface area contributed by atoms with Crippen molar-refractivity contribution >= 4 is 33.2 Å². The van der Waals surface area contributed by atoms with Crippen LogP contribution in [-0.2, 0) is 0 Å². The molecule has 0 aliphatic rings. The molecule has 0 saturated heterocycles. The number of benzene rings is 2. The number of nitrogens with zero attached hydrogens (tertiary/aromatic N) is 4. The lowest BCUT2D eigenvalue weighted by Gasteiger charge is -2.08. The molecule has 0 atom stereocenters. The molecule has 0 bridgehead atoms. The highest BCUT2D eigenvalue weighted by Gasteiger charge is 2.16. The summed E-state index contributed by atoms with van der Waals surface area (Å²) in [4.78, 5) is 9.25. The number of nitrogens with one attached hydrogen (secondary N) is 1. The van der Waals surface area contributed by atoms with E-state index in [0.717, 1.165) is 43.7 Å². The topological polar surface area (TPSA) is 63.6 Å². The van der Waals surface area contributed by atoms with Crippen LogP contribution in [0, 0.1) is 6.92 Å². The van der Waals surface area contributed by atoms with Crippen molar-refractivity contribution in [1.82, 2.24) is 20.2 Å². The van der Waals surface area contributed by atoms with Crippen LogP contribution < -0.4 is 5.32 Å². The minimum absolute atomic E-state index is 0.720. The largest absolute Gasteiger partial charge is 0.330 e. The first-order valence-corrected chi connectivity index (χ1v) is 10.1. The first-order chi connectivity index (χ1) is 14.3. The molecule has 5 nitrogen and oxygen atoms in total. The Morgan fingerprint density at radius 1 is 0.862 bits per heavy atom. The fraction of sp³-hybridized carbons (Fsp3) is 0.0435. The van der Waals surface area contributed by atoms with E-state index in [1.807, 2.05) is 54.6 Å².